The highest BCUT2D eigenvalue weighted by molar-refractivity contribution is 7.89. The van der Waals surface area contributed by atoms with E-state index in [9.17, 15) is 18.0 Å². The molecule has 0 heterocycles. The molecule has 0 bridgehead atoms. The second-order valence-electron chi connectivity index (χ2n) is 8.40. The molecule has 0 spiro atoms. The second-order valence-corrected chi connectivity index (χ2v) is 11.3. The van der Waals surface area contributed by atoms with Crippen LogP contribution >= 0.6 is 23.2 Å². The zero-order valence-corrected chi connectivity index (χ0v) is 22.9. The molecule has 0 unspecified atom stereocenters. The van der Waals surface area contributed by atoms with Gasteiger partial charge in [0.2, 0.25) is 21.8 Å². The van der Waals surface area contributed by atoms with Gasteiger partial charge in [0.15, 0.2) is 0 Å². The smallest absolute Gasteiger partial charge is 0.243 e. The minimum atomic E-state index is -3.90. The zero-order valence-electron chi connectivity index (χ0n) is 20.6. The SMILES string of the molecule is CCCCNC(=O)[C@H](CC)N(Cc1ccc(Cl)cc1Cl)C(=O)CN(C)S(=O)(=O)c1ccc(C)cc1. The van der Waals surface area contributed by atoms with Gasteiger partial charge in [-0.15, -0.1) is 0 Å². The Balaban J connectivity index is 2.33. The summed E-state index contributed by atoms with van der Waals surface area (Å²) in [6.07, 6.45) is 2.09. The van der Waals surface area contributed by atoms with E-state index >= 15 is 0 Å². The minimum Gasteiger partial charge on any atom is -0.354 e. The number of halogens is 2. The van der Waals surface area contributed by atoms with E-state index in [-0.39, 0.29) is 17.3 Å². The van der Waals surface area contributed by atoms with Gasteiger partial charge in [0.1, 0.15) is 6.04 Å². The van der Waals surface area contributed by atoms with Crippen LogP contribution in [0.15, 0.2) is 47.4 Å². The summed E-state index contributed by atoms with van der Waals surface area (Å²) in [5.41, 5.74) is 1.53. The molecule has 2 rings (SSSR count). The molecule has 10 heteroatoms. The van der Waals surface area contributed by atoms with Crippen molar-refractivity contribution < 1.29 is 18.0 Å². The van der Waals surface area contributed by atoms with Crippen molar-refractivity contribution in [1.82, 2.24) is 14.5 Å². The number of unbranched alkanes of at least 4 members (excludes halogenated alkanes) is 1. The highest BCUT2D eigenvalue weighted by Crippen LogP contribution is 2.24. The third-order valence-electron chi connectivity index (χ3n) is 5.66. The van der Waals surface area contributed by atoms with Gasteiger partial charge in [-0.3, -0.25) is 9.59 Å². The van der Waals surface area contributed by atoms with Gasteiger partial charge in [-0.1, -0.05) is 67.2 Å². The number of benzene rings is 2. The lowest BCUT2D eigenvalue weighted by Crippen LogP contribution is -2.51. The Bertz CT molecular complexity index is 1120. The maximum Gasteiger partial charge on any atom is 0.243 e. The molecule has 0 saturated heterocycles. The van der Waals surface area contributed by atoms with E-state index in [0.717, 1.165) is 22.7 Å². The van der Waals surface area contributed by atoms with Gasteiger partial charge in [-0.2, -0.15) is 4.31 Å². The third kappa shape index (κ3) is 7.93. The second kappa shape index (κ2) is 13.3. The van der Waals surface area contributed by atoms with E-state index in [1.807, 2.05) is 13.8 Å². The van der Waals surface area contributed by atoms with E-state index in [1.54, 1.807) is 37.3 Å². The maximum atomic E-state index is 13.5. The molecule has 0 aliphatic heterocycles. The molecule has 1 atom stereocenters. The van der Waals surface area contributed by atoms with Gasteiger partial charge < -0.3 is 10.2 Å². The van der Waals surface area contributed by atoms with Crippen LogP contribution < -0.4 is 5.32 Å². The van der Waals surface area contributed by atoms with E-state index in [1.165, 1.54) is 24.1 Å². The fourth-order valence-corrected chi connectivity index (χ4v) is 5.10. The summed E-state index contributed by atoms with van der Waals surface area (Å²) in [6.45, 7) is 5.79. The average molecular weight is 543 g/mol. The van der Waals surface area contributed by atoms with E-state index < -0.39 is 28.5 Å². The van der Waals surface area contributed by atoms with Crippen LogP contribution in [0.4, 0.5) is 0 Å². The highest BCUT2D eigenvalue weighted by Gasteiger charge is 2.32. The molecular formula is C25H33Cl2N3O4S. The summed E-state index contributed by atoms with van der Waals surface area (Å²) in [4.78, 5) is 27.9. The van der Waals surface area contributed by atoms with Gasteiger partial charge in [-0.25, -0.2) is 8.42 Å². The molecule has 1 N–H and O–H groups in total. The van der Waals surface area contributed by atoms with Gasteiger partial charge in [0.25, 0.3) is 0 Å². The number of carbonyl (C=O) groups is 2. The Kier molecular flexibility index (Phi) is 11.0. The van der Waals surface area contributed by atoms with Crippen LogP contribution in [0.25, 0.3) is 0 Å². The van der Waals surface area contributed by atoms with Crippen molar-refractivity contribution in [3.8, 4) is 0 Å². The predicted octanol–water partition coefficient (Wildman–Crippen LogP) is 4.65. The lowest BCUT2D eigenvalue weighted by atomic mass is 10.1. The van der Waals surface area contributed by atoms with E-state index in [2.05, 4.69) is 5.32 Å². The molecule has 0 radical (unpaired) electrons. The molecule has 7 nitrogen and oxygen atoms in total. The maximum absolute atomic E-state index is 13.5. The highest BCUT2D eigenvalue weighted by atomic mass is 35.5. The molecule has 35 heavy (non-hydrogen) atoms. The Morgan fingerprint density at radius 3 is 2.29 bits per heavy atom. The number of likely N-dealkylation sites (N-methyl/N-ethyl adjacent to an activating group) is 1. The van der Waals surface area contributed by atoms with Crippen molar-refractivity contribution in [1.29, 1.82) is 0 Å². The van der Waals surface area contributed by atoms with Crippen LogP contribution in [0.2, 0.25) is 10.0 Å². The van der Waals surface area contributed by atoms with Gasteiger partial charge >= 0.3 is 0 Å². The molecular weight excluding hydrogens is 509 g/mol. The van der Waals surface area contributed by atoms with Crippen LogP contribution in [0.1, 0.15) is 44.2 Å². The van der Waals surface area contributed by atoms with Gasteiger partial charge in [-0.05, 0) is 49.6 Å². The number of amides is 2. The van der Waals surface area contributed by atoms with Crippen LogP contribution in [0, 0.1) is 6.92 Å². The van der Waals surface area contributed by atoms with Crippen molar-refractivity contribution in [3.05, 3.63) is 63.6 Å². The molecule has 2 aromatic carbocycles. The van der Waals surface area contributed by atoms with Crippen LogP contribution in [0.3, 0.4) is 0 Å². The van der Waals surface area contributed by atoms with E-state index in [4.69, 9.17) is 23.2 Å². The van der Waals surface area contributed by atoms with Crippen molar-refractivity contribution in [2.75, 3.05) is 20.1 Å². The summed E-state index contributed by atoms with van der Waals surface area (Å²) < 4.78 is 27.1. The fraction of sp³-hybridized carbons (Fsp3) is 0.440. The lowest BCUT2D eigenvalue weighted by Gasteiger charge is -2.32. The minimum absolute atomic E-state index is 0.0347. The molecule has 0 aliphatic rings. The number of hydrogen-bond acceptors (Lipinski definition) is 4. The van der Waals surface area contributed by atoms with Gasteiger partial charge in [0, 0.05) is 30.2 Å². The normalized spacial score (nSPS) is 12.4. The first kappa shape index (κ1) is 29.1. The van der Waals surface area contributed by atoms with Crippen LogP contribution in [0.5, 0.6) is 0 Å². The molecule has 0 aromatic heterocycles. The Labute approximate surface area is 218 Å². The first-order valence-corrected chi connectivity index (χ1v) is 13.7. The fourth-order valence-electron chi connectivity index (χ4n) is 3.52. The van der Waals surface area contributed by atoms with Gasteiger partial charge in [0.05, 0.1) is 11.4 Å². The zero-order chi connectivity index (χ0) is 26.2. The largest absolute Gasteiger partial charge is 0.354 e. The van der Waals surface area contributed by atoms with Crippen LogP contribution in [-0.2, 0) is 26.2 Å². The van der Waals surface area contributed by atoms with Crippen LogP contribution in [-0.4, -0.2) is 55.6 Å². The van der Waals surface area contributed by atoms with Crippen molar-refractivity contribution >= 4 is 45.0 Å². The first-order chi connectivity index (χ1) is 16.5. The predicted molar refractivity (Wildman–Crippen MR) is 140 cm³/mol. The summed E-state index contributed by atoms with van der Waals surface area (Å²) in [7, 11) is -2.55. The van der Waals surface area contributed by atoms with E-state index in [0.29, 0.717) is 28.6 Å². The topological polar surface area (TPSA) is 86.8 Å². The summed E-state index contributed by atoms with van der Waals surface area (Å²) in [5, 5.41) is 3.68. The number of sulfonamides is 1. The summed E-state index contributed by atoms with van der Waals surface area (Å²) in [6, 6.07) is 10.5. The molecule has 0 aliphatic carbocycles. The quantitative estimate of drug-likeness (QED) is 0.396. The van der Waals surface area contributed by atoms with Crippen molar-refractivity contribution in [2.45, 2.75) is 57.5 Å². The Morgan fingerprint density at radius 2 is 1.71 bits per heavy atom. The molecule has 192 valence electrons. The van der Waals surface area contributed by atoms with Crippen molar-refractivity contribution in [2.24, 2.45) is 0 Å². The summed E-state index contributed by atoms with van der Waals surface area (Å²) in [5.74, 6) is -0.796. The summed E-state index contributed by atoms with van der Waals surface area (Å²) >= 11 is 12.4. The number of nitrogens with zero attached hydrogens (tertiary/aromatic N) is 2. The number of rotatable bonds is 12. The molecule has 2 amide bonds. The molecule has 0 fully saturated rings. The number of nitrogens with one attached hydrogen (secondary N) is 1. The first-order valence-electron chi connectivity index (χ1n) is 11.5. The molecule has 0 saturated carbocycles. The third-order valence-corrected chi connectivity index (χ3v) is 8.06. The van der Waals surface area contributed by atoms with Crippen molar-refractivity contribution in [3.63, 3.8) is 0 Å². The number of aryl methyl sites for hydroxylation is 1. The Hall–Kier alpha value is -2.13. The standard InChI is InChI=1S/C25H33Cl2N3O4S/c1-5-7-14-28-25(32)23(6-2)30(16-19-10-11-20(26)15-22(19)27)24(31)17-29(4)35(33,34)21-12-8-18(3)9-13-21/h8-13,15,23H,5-7,14,16-17H2,1-4H3,(H,28,32)/t23-/m0/s1. The Morgan fingerprint density at radius 1 is 1.06 bits per heavy atom. The average Bonchev–Trinajstić information content (AvgIpc) is 2.80. The lowest BCUT2D eigenvalue weighted by molar-refractivity contribution is -0.141. The monoisotopic (exact) mass is 541 g/mol. The molecule has 2 aromatic rings. The number of hydrogen-bond donors (Lipinski definition) is 1. The number of carbonyl (C=O) groups excluding carboxylic acids is 2.